The van der Waals surface area contributed by atoms with Crippen LogP contribution in [0.3, 0.4) is 0 Å². The molecule has 20 nitrogen and oxygen atoms in total. The van der Waals surface area contributed by atoms with Gasteiger partial charge in [0.2, 0.25) is 0 Å². The van der Waals surface area contributed by atoms with Gasteiger partial charge in [-0.15, -0.1) is 0 Å². The molecule has 4 aliphatic rings. The number of anilines is 2. The molecule has 0 radical (unpaired) electrons. The van der Waals surface area contributed by atoms with Crippen LogP contribution < -0.4 is 11.5 Å². The van der Waals surface area contributed by atoms with E-state index in [0.717, 1.165) is 0 Å². The number of carbonyl (C=O) groups is 1. The standard InChI is InChI=1S/C29H38FN9O11P2S2/c1-29(2,3)28(41)44-12-54-52(43)46-8-16-22(17(30)27(48-16)39-11-38-19-25(32)36-10-37-26(19)39)49-51(42,53)45-7-15-20(40)23(50-52)21(47-15)13-4-5-14-18(33-6-13)24(31)35-9-34-14/h6,9-11,13,15-17,20-23,27,40H,4-5,7-8,12H2,1-3H3,(H,42,53)(H2,31,34,35)(H2,32,36,37)/t13?,15?,16?,17?,20?,21-,22?,23?,27?,51?,52?/m0/s1. The van der Waals surface area contributed by atoms with E-state index >= 15 is 4.39 Å². The quantitative estimate of drug-likeness (QED) is 0.124. The number of hydrogen-bond donors (Lipinski definition) is 4. The van der Waals surface area contributed by atoms with Crippen molar-refractivity contribution in [2.75, 3.05) is 30.6 Å². The highest BCUT2D eigenvalue weighted by atomic mass is 32.7. The third kappa shape index (κ3) is 8.04. The normalized spacial score (nSPS) is 36.0. The number of hydrogen-bond acceptors (Lipinski definition) is 20. The Morgan fingerprint density at radius 2 is 1.78 bits per heavy atom. The number of fused-ring (bicyclic) bond motifs is 5. The topological polar surface area (TPSA) is 270 Å². The van der Waals surface area contributed by atoms with E-state index in [9.17, 15) is 19.0 Å². The van der Waals surface area contributed by atoms with Gasteiger partial charge in [0, 0.05) is 23.5 Å². The molecule has 54 heavy (non-hydrogen) atoms. The molecule has 10 unspecified atom stereocenters. The largest absolute Gasteiger partial charge is 0.454 e. The number of nitrogens with two attached hydrogens (primary N) is 2. The van der Waals surface area contributed by atoms with Crippen LogP contribution >= 0.6 is 37.2 Å². The minimum Gasteiger partial charge on any atom is -0.454 e. The molecule has 25 heteroatoms. The molecule has 3 saturated heterocycles. The number of aryl methyl sites for hydroxylation is 1. The average molecular weight is 834 g/mol. The van der Waals surface area contributed by atoms with Gasteiger partial charge >= 0.3 is 19.6 Å². The summed E-state index contributed by atoms with van der Waals surface area (Å²) in [5.74, 6) is -1.45. The first-order chi connectivity index (χ1) is 25.5. The van der Waals surface area contributed by atoms with Gasteiger partial charge in [0.1, 0.15) is 60.3 Å². The molecule has 0 spiro atoms. The summed E-state index contributed by atoms with van der Waals surface area (Å²) < 4.78 is 86.9. The van der Waals surface area contributed by atoms with Crippen LogP contribution in [0.15, 0.2) is 24.0 Å². The monoisotopic (exact) mass is 833 g/mol. The third-order valence-corrected chi connectivity index (χ3v) is 14.0. The fraction of sp³-hybridized carbons (Fsp3) is 0.621. The van der Waals surface area contributed by atoms with E-state index in [0.29, 0.717) is 35.6 Å². The molecule has 2 bridgehead atoms. The number of esters is 1. The first-order valence-electron chi connectivity index (χ1n) is 16.6. The van der Waals surface area contributed by atoms with Crippen molar-refractivity contribution in [3.63, 3.8) is 0 Å². The van der Waals surface area contributed by atoms with Crippen molar-refractivity contribution < 1.29 is 55.7 Å². The van der Waals surface area contributed by atoms with Crippen molar-refractivity contribution in [2.24, 2.45) is 16.3 Å². The van der Waals surface area contributed by atoms with Crippen molar-refractivity contribution in [3.8, 4) is 0 Å². The van der Waals surface area contributed by atoms with Crippen molar-refractivity contribution in [3.05, 3.63) is 24.7 Å². The van der Waals surface area contributed by atoms with E-state index in [4.69, 9.17) is 43.8 Å². The molecule has 0 aromatic carbocycles. The molecule has 3 fully saturated rings. The first-order valence-corrected chi connectivity index (χ1v) is 22.5. The SMILES string of the molecule is CC(C)(C)C(=O)OCSP1(=O)OCC2OC(n3cnc4c(N)ncnc43)C(F)C2OP(=O)(S)OCC2O[C@@H](C3C=Nc4c(N)ncnc4CC3)C(O1)C2O. The highest BCUT2D eigenvalue weighted by molar-refractivity contribution is 8.55. The van der Waals surface area contributed by atoms with Gasteiger partial charge in [-0.2, -0.15) is 0 Å². The number of carbonyl (C=O) groups excluding carboxylic acids is 1. The van der Waals surface area contributed by atoms with Gasteiger partial charge < -0.3 is 30.8 Å². The van der Waals surface area contributed by atoms with Crippen LogP contribution in [0.5, 0.6) is 0 Å². The number of nitrogens with zero attached hydrogens (tertiary/aromatic N) is 7. The Balaban J connectivity index is 1.20. The molecule has 7 heterocycles. The number of halogens is 1. The Bertz CT molecular complexity index is 2030. The van der Waals surface area contributed by atoms with Gasteiger partial charge in [-0.1, -0.05) is 12.2 Å². The predicted octanol–water partition coefficient (Wildman–Crippen LogP) is 3.35. The van der Waals surface area contributed by atoms with E-state index in [-0.39, 0.29) is 22.8 Å². The number of aromatic nitrogens is 6. The molecule has 0 aliphatic carbocycles. The number of aliphatic hydroxyl groups excluding tert-OH is 1. The maximum Gasteiger partial charge on any atom is 0.392 e. The summed E-state index contributed by atoms with van der Waals surface area (Å²) in [6, 6.07) is 0. The van der Waals surface area contributed by atoms with Crippen molar-refractivity contribution >= 4 is 77.9 Å². The zero-order valence-corrected chi connectivity index (χ0v) is 32.5. The Kier molecular flexibility index (Phi) is 11.1. The zero-order valence-electron chi connectivity index (χ0n) is 29.0. The number of nitrogen functional groups attached to an aromatic ring is 2. The highest BCUT2D eigenvalue weighted by Crippen LogP contribution is 2.64. The number of alkyl halides is 1. The van der Waals surface area contributed by atoms with Crippen LogP contribution in [0.1, 0.15) is 39.1 Å². The summed E-state index contributed by atoms with van der Waals surface area (Å²) in [5, 5.41) is 11.6. The number of aliphatic imine (C=N–C) groups is 1. The van der Waals surface area contributed by atoms with E-state index in [2.05, 4.69) is 42.2 Å². The van der Waals surface area contributed by atoms with Gasteiger partial charge in [0.25, 0.3) is 0 Å². The first kappa shape index (κ1) is 39.4. The molecular formula is C29H38FN9O11P2S2. The van der Waals surface area contributed by atoms with Crippen LogP contribution in [0, 0.1) is 11.3 Å². The predicted molar refractivity (Wildman–Crippen MR) is 193 cm³/mol. The smallest absolute Gasteiger partial charge is 0.392 e. The van der Waals surface area contributed by atoms with Crippen LogP contribution in [-0.2, 0) is 52.7 Å². The summed E-state index contributed by atoms with van der Waals surface area (Å²) in [4.78, 5) is 37.6. The van der Waals surface area contributed by atoms with E-state index in [1.807, 2.05) is 0 Å². The summed E-state index contributed by atoms with van der Waals surface area (Å²) in [6.45, 7) is -5.23. The van der Waals surface area contributed by atoms with E-state index in [1.165, 1.54) is 23.5 Å². The van der Waals surface area contributed by atoms with Gasteiger partial charge in [-0.3, -0.25) is 32.4 Å². The van der Waals surface area contributed by atoms with Crippen LogP contribution in [-0.4, -0.2) is 109 Å². The molecule has 3 aromatic rings. The Morgan fingerprint density at radius 3 is 2.56 bits per heavy atom. The van der Waals surface area contributed by atoms with Crippen LogP contribution in [0.4, 0.5) is 21.7 Å². The van der Waals surface area contributed by atoms with Gasteiger partial charge in [0.05, 0.1) is 36.8 Å². The van der Waals surface area contributed by atoms with Crippen molar-refractivity contribution in [1.82, 2.24) is 29.5 Å². The lowest BCUT2D eigenvalue weighted by Gasteiger charge is -2.29. The molecule has 5 N–H and O–H groups in total. The minimum atomic E-state index is -4.49. The molecule has 4 aliphatic heterocycles. The lowest BCUT2D eigenvalue weighted by Crippen LogP contribution is -2.39. The number of imidazole rings is 1. The Labute approximate surface area is 316 Å². The van der Waals surface area contributed by atoms with Crippen molar-refractivity contribution in [1.29, 1.82) is 0 Å². The van der Waals surface area contributed by atoms with E-state index in [1.54, 1.807) is 27.0 Å². The fourth-order valence-corrected chi connectivity index (χ4v) is 10.6. The summed E-state index contributed by atoms with van der Waals surface area (Å²) >= 11 is 4.61. The summed E-state index contributed by atoms with van der Waals surface area (Å²) in [7, 11) is 0. The Morgan fingerprint density at radius 1 is 1.04 bits per heavy atom. The Hall–Kier alpha value is -2.82. The number of thiol groups is 1. The molecule has 11 atom stereocenters. The summed E-state index contributed by atoms with van der Waals surface area (Å²) in [6.07, 6.45) is -5.76. The number of aliphatic hydroxyl groups is 1. The second-order valence-electron chi connectivity index (χ2n) is 13.8. The third-order valence-electron chi connectivity index (χ3n) is 9.08. The molecule has 294 valence electrons. The van der Waals surface area contributed by atoms with Gasteiger partial charge in [0.15, 0.2) is 29.7 Å². The minimum absolute atomic E-state index is 0.0413. The van der Waals surface area contributed by atoms with Crippen LogP contribution in [0.2, 0.25) is 0 Å². The number of ether oxygens (including phenoxy) is 3. The van der Waals surface area contributed by atoms with Gasteiger partial charge in [-0.25, -0.2) is 38.4 Å². The van der Waals surface area contributed by atoms with Crippen LogP contribution in [0.25, 0.3) is 11.2 Å². The molecule has 0 amide bonds. The lowest BCUT2D eigenvalue weighted by molar-refractivity contribution is -0.150. The second kappa shape index (κ2) is 15.3. The highest BCUT2D eigenvalue weighted by Gasteiger charge is 2.55. The maximum absolute atomic E-state index is 16.4. The molecule has 0 saturated carbocycles. The second-order valence-corrected chi connectivity index (χ2v) is 20.7. The molecule has 7 rings (SSSR count). The molecular weight excluding hydrogens is 795 g/mol. The zero-order chi connectivity index (χ0) is 38.6. The number of rotatable bonds is 5. The lowest BCUT2D eigenvalue weighted by atomic mass is 9.93. The average Bonchev–Trinajstić information content (AvgIpc) is 3.70. The van der Waals surface area contributed by atoms with Crippen molar-refractivity contribution in [2.45, 2.75) is 82.6 Å². The fourth-order valence-electron chi connectivity index (χ4n) is 6.28. The summed E-state index contributed by atoms with van der Waals surface area (Å²) in [5.41, 5.74) is 12.4. The molecule has 3 aromatic heterocycles. The van der Waals surface area contributed by atoms with Gasteiger partial charge in [-0.05, 0) is 33.6 Å². The van der Waals surface area contributed by atoms with E-state index < -0.39 is 99.1 Å². The maximum atomic E-state index is 16.4.